The van der Waals surface area contributed by atoms with Crippen molar-refractivity contribution in [3.8, 4) is 17.1 Å². The van der Waals surface area contributed by atoms with Gasteiger partial charge < -0.3 is 9.52 Å². The lowest BCUT2D eigenvalue weighted by Gasteiger charge is -2.05. The van der Waals surface area contributed by atoms with E-state index < -0.39 is 0 Å². The van der Waals surface area contributed by atoms with Crippen molar-refractivity contribution in [1.82, 2.24) is 0 Å². The Morgan fingerprint density at radius 2 is 2.06 bits per heavy atom. The summed E-state index contributed by atoms with van der Waals surface area (Å²) >= 11 is 0. The van der Waals surface area contributed by atoms with Gasteiger partial charge in [0.15, 0.2) is 17.8 Å². The molecule has 0 aliphatic heterocycles. The molecule has 0 spiro atoms. The van der Waals surface area contributed by atoms with Gasteiger partial charge in [-0.25, -0.2) is 0 Å². The first kappa shape index (κ1) is 11.1. The minimum atomic E-state index is -0.230. The molecule has 1 aromatic carbocycles. The molecule has 2 aromatic rings. The molecule has 0 amide bonds. The summed E-state index contributed by atoms with van der Waals surface area (Å²) in [6.07, 6.45) is 0.579. The molecule has 0 radical (unpaired) electrons. The maximum Gasteiger partial charge on any atom is 0.185 e. The summed E-state index contributed by atoms with van der Waals surface area (Å²) in [5, 5.41) is 9.93. The van der Waals surface area contributed by atoms with Crippen LogP contribution in [0.1, 0.15) is 27.8 Å². The van der Waals surface area contributed by atoms with Crippen LogP contribution in [-0.4, -0.2) is 17.2 Å². The number of phenols is 1. The summed E-state index contributed by atoms with van der Waals surface area (Å²) < 4.78 is 5.20. The predicted octanol–water partition coefficient (Wildman–Crippen LogP) is 2.67. The molecule has 0 bridgehead atoms. The molecule has 1 aromatic heterocycles. The van der Waals surface area contributed by atoms with Gasteiger partial charge in [0.2, 0.25) is 0 Å². The monoisotopic (exact) mass is 230 g/mol. The van der Waals surface area contributed by atoms with Crippen molar-refractivity contribution < 1.29 is 19.1 Å². The smallest absolute Gasteiger partial charge is 0.185 e. The molecule has 0 aliphatic carbocycles. The minimum absolute atomic E-state index is 0.133. The highest BCUT2D eigenvalue weighted by Crippen LogP contribution is 2.33. The number of furan rings is 1. The van der Waals surface area contributed by atoms with E-state index in [1.165, 1.54) is 19.1 Å². The average Bonchev–Trinajstić information content (AvgIpc) is 2.77. The van der Waals surface area contributed by atoms with Crippen LogP contribution in [0.3, 0.4) is 0 Å². The van der Waals surface area contributed by atoms with Gasteiger partial charge in [-0.2, -0.15) is 0 Å². The van der Waals surface area contributed by atoms with Gasteiger partial charge in [-0.1, -0.05) is 6.07 Å². The van der Waals surface area contributed by atoms with E-state index in [2.05, 4.69) is 0 Å². The number of phenolic OH excluding ortho intramolecular Hbond substituents is 1. The zero-order valence-electron chi connectivity index (χ0n) is 9.14. The van der Waals surface area contributed by atoms with Gasteiger partial charge in [0.1, 0.15) is 11.5 Å². The molecule has 86 valence electrons. The summed E-state index contributed by atoms with van der Waals surface area (Å²) in [6, 6.07) is 7.87. The first-order valence-electron chi connectivity index (χ1n) is 5.02. The molecule has 0 fully saturated rings. The summed E-state index contributed by atoms with van der Waals surface area (Å²) in [6.45, 7) is 1.37. The number of carbonyl (C=O) groups is 2. The number of aromatic hydroxyl groups is 1. The molecule has 1 heterocycles. The van der Waals surface area contributed by atoms with Gasteiger partial charge >= 0.3 is 0 Å². The van der Waals surface area contributed by atoms with Crippen LogP contribution in [0.4, 0.5) is 0 Å². The Labute approximate surface area is 97.5 Å². The van der Waals surface area contributed by atoms with E-state index in [-0.39, 0.29) is 22.9 Å². The zero-order chi connectivity index (χ0) is 12.4. The minimum Gasteiger partial charge on any atom is -0.506 e. The lowest BCUT2D eigenvalue weighted by Crippen LogP contribution is -1.93. The summed E-state index contributed by atoms with van der Waals surface area (Å²) in [7, 11) is 0. The summed E-state index contributed by atoms with van der Waals surface area (Å²) in [5.74, 6) is 0.165. The number of rotatable bonds is 3. The van der Waals surface area contributed by atoms with Gasteiger partial charge in [-0.15, -0.1) is 0 Å². The molecular formula is C13H10O4. The quantitative estimate of drug-likeness (QED) is 0.650. The van der Waals surface area contributed by atoms with Crippen LogP contribution >= 0.6 is 0 Å². The maximum absolute atomic E-state index is 11.3. The maximum atomic E-state index is 11.3. The van der Waals surface area contributed by atoms with E-state index >= 15 is 0 Å². The van der Waals surface area contributed by atoms with Crippen molar-refractivity contribution in [2.45, 2.75) is 6.92 Å². The predicted molar refractivity (Wildman–Crippen MR) is 61.2 cm³/mol. The third-order valence-electron chi connectivity index (χ3n) is 2.42. The van der Waals surface area contributed by atoms with E-state index in [0.717, 1.165) is 0 Å². The molecule has 0 saturated carbocycles. The lowest BCUT2D eigenvalue weighted by molar-refractivity contribution is 0.101. The highest BCUT2D eigenvalue weighted by molar-refractivity contribution is 5.98. The SMILES string of the molecule is CC(=O)c1cccc(-c2ccc(C=O)o2)c1O. The molecule has 4 heteroatoms. The Morgan fingerprint density at radius 3 is 2.65 bits per heavy atom. The van der Waals surface area contributed by atoms with Gasteiger partial charge in [0, 0.05) is 0 Å². The highest BCUT2D eigenvalue weighted by atomic mass is 16.3. The standard InChI is InChI=1S/C13H10O4/c1-8(15)10-3-2-4-11(13(10)16)12-6-5-9(7-14)17-12/h2-7,16H,1H3. The van der Waals surface area contributed by atoms with E-state index in [4.69, 9.17) is 4.42 Å². The molecule has 1 N–H and O–H groups in total. The third-order valence-corrected chi connectivity index (χ3v) is 2.42. The zero-order valence-corrected chi connectivity index (χ0v) is 9.14. The van der Waals surface area contributed by atoms with E-state index in [9.17, 15) is 14.7 Å². The van der Waals surface area contributed by atoms with Gasteiger partial charge in [0.05, 0.1) is 11.1 Å². The third kappa shape index (κ3) is 1.97. The molecule has 2 rings (SSSR count). The second kappa shape index (κ2) is 4.25. The van der Waals surface area contributed by atoms with Crippen LogP contribution in [-0.2, 0) is 0 Å². The fraction of sp³-hybridized carbons (Fsp3) is 0.0769. The fourth-order valence-electron chi connectivity index (χ4n) is 1.59. The van der Waals surface area contributed by atoms with E-state index in [1.54, 1.807) is 18.2 Å². The molecule has 0 atom stereocenters. The van der Waals surface area contributed by atoms with Crippen LogP contribution in [0.15, 0.2) is 34.7 Å². The van der Waals surface area contributed by atoms with Crippen molar-refractivity contribution >= 4 is 12.1 Å². The number of benzene rings is 1. The molecular weight excluding hydrogens is 220 g/mol. The van der Waals surface area contributed by atoms with Crippen LogP contribution in [0.25, 0.3) is 11.3 Å². The molecule has 0 saturated heterocycles. The van der Waals surface area contributed by atoms with Gasteiger partial charge in [0.25, 0.3) is 0 Å². The average molecular weight is 230 g/mol. The lowest BCUT2D eigenvalue weighted by atomic mass is 10.0. The second-order valence-electron chi connectivity index (χ2n) is 3.58. The normalized spacial score (nSPS) is 10.2. The van der Waals surface area contributed by atoms with Crippen LogP contribution in [0, 0.1) is 0 Å². The molecule has 4 nitrogen and oxygen atoms in total. The number of carbonyl (C=O) groups excluding carboxylic acids is 2. The first-order valence-corrected chi connectivity index (χ1v) is 5.02. The number of hydrogen-bond acceptors (Lipinski definition) is 4. The number of Topliss-reactive ketones (excluding diaryl/α,β-unsaturated/α-hetero) is 1. The van der Waals surface area contributed by atoms with Crippen molar-refractivity contribution in [3.05, 3.63) is 41.7 Å². The van der Waals surface area contributed by atoms with Crippen molar-refractivity contribution in [3.63, 3.8) is 0 Å². The molecule has 0 aliphatic rings. The van der Waals surface area contributed by atoms with Crippen LogP contribution in [0.5, 0.6) is 5.75 Å². The highest BCUT2D eigenvalue weighted by Gasteiger charge is 2.14. The van der Waals surface area contributed by atoms with Crippen molar-refractivity contribution in [2.75, 3.05) is 0 Å². The Morgan fingerprint density at radius 1 is 1.29 bits per heavy atom. The number of aldehydes is 1. The fourth-order valence-corrected chi connectivity index (χ4v) is 1.59. The van der Waals surface area contributed by atoms with E-state index in [0.29, 0.717) is 17.6 Å². The van der Waals surface area contributed by atoms with Crippen LogP contribution in [0.2, 0.25) is 0 Å². The largest absolute Gasteiger partial charge is 0.506 e. The Hall–Kier alpha value is -2.36. The molecule has 0 unspecified atom stereocenters. The van der Waals surface area contributed by atoms with Crippen molar-refractivity contribution in [2.24, 2.45) is 0 Å². The number of para-hydroxylation sites is 1. The Bertz CT molecular complexity index is 581. The summed E-state index contributed by atoms with van der Waals surface area (Å²) in [4.78, 5) is 21.8. The van der Waals surface area contributed by atoms with Gasteiger partial charge in [-0.3, -0.25) is 9.59 Å². The van der Waals surface area contributed by atoms with Gasteiger partial charge in [-0.05, 0) is 31.2 Å². The van der Waals surface area contributed by atoms with E-state index in [1.807, 2.05) is 0 Å². The second-order valence-corrected chi connectivity index (χ2v) is 3.58. The first-order chi connectivity index (χ1) is 8.13. The number of ketones is 1. The summed E-state index contributed by atoms with van der Waals surface area (Å²) in [5.41, 5.74) is 0.623. The molecule has 17 heavy (non-hydrogen) atoms. The van der Waals surface area contributed by atoms with Crippen molar-refractivity contribution in [1.29, 1.82) is 0 Å². The topological polar surface area (TPSA) is 67.5 Å². The Balaban J connectivity index is 2.55. The Kier molecular flexibility index (Phi) is 2.78. The van der Waals surface area contributed by atoms with Crippen LogP contribution < -0.4 is 0 Å². The number of hydrogen-bond donors (Lipinski definition) is 1.